The highest BCUT2D eigenvalue weighted by Crippen LogP contribution is 2.19. The van der Waals surface area contributed by atoms with E-state index in [0.717, 1.165) is 0 Å². The normalized spacial score (nSPS) is 17.7. The molecule has 1 aromatic heterocycles. The van der Waals surface area contributed by atoms with Crippen molar-refractivity contribution in [2.24, 2.45) is 9.50 Å². The summed E-state index contributed by atoms with van der Waals surface area (Å²) in [5, 5.41) is 5.24. The molecule has 1 unspecified atom stereocenters. The van der Waals surface area contributed by atoms with Crippen molar-refractivity contribution in [1.82, 2.24) is 15.0 Å². The summed E-state index contributed by atoms with van der Waals surface area (Å²) in [6.07, 6.45) is 3.01. The van der Waals surface area contributed by atoms with E-state index in [1.807, 2.05) is 20.8 Å². The summed E-state index contributed by atoms with van der Waals surface area (Å²) in [7, 11) is 1.54. The number of nitrogens with zero attached hydrogens (tertiary/aromatic N) is 5. The molecule has 124 valence electrons. The summed E-state index contributed by atoms with van der Waals surface area (Å²) in [5.74, 6) is -0.0651. The van der Waals surface area contributed by atoms with E-state index in [9.17, 15) is 9.35 Å². The van der Waals surface area contributed by atoms with Crippen molar-refractivity contribution in [3.8, 4) is 0 Å². The molecule has 1 aliphatic heterocycles. The lowest BCUT2D eigenvalue weighted by Gasteiger charge is -2.21. The Kier molecular flexibility index (Phi) is 5.00. The number of likely N-dealkylation sites (N-methyl/N-ethyl adjacent to an activating group) is 1. The first kappa shape index (κ1) is 17.4. The average molecular weight is 337 g/mol. The van der Waals surface area contributed by atoms with Crippen molar-refractivity contribution < 1.29 is 14.1 Å². The first-order valence-electron chi connectivity index (χ1n) is 6.97. The van der Waals surface area contributed by atoms with Crippen LogP contribution in [0.15, 0.2) is 21.9 Å². The number of hydrogen-bond acceptors (Lipinski definition) is 7. The lowest BCUT2D eigenvalue weighted by Crippen LogP contribution is -2.35. The fourth-order valence-electron chi connectivity index (χ4n) is 1.62. The van der Waals surface area contributed by atoms with Gasteiger partial charge < -0.3 is 9.29 Å². The van der Waals surface area contributed by atoms with Gasteiger partial charge in [0.1, 0.15) is 27.5 Å². The van der Waals surface area contributed by atoms with E-state index in [0.29, 0.717) is 17.1 Å². The van der Waals surface area contributed by atoms with E-state index in [1.165, 1.54) is 24.5 Å². The Morgan fingerprint density at radius 3 is 2.65 bits per heavy atom. The van der Waals surface area contributed by atoms with Gasteiger partial charge in [-0.25, -0.2) is 9.99 Å². The number of hydrogen-bond donors (Lipinski definition) is 0. The molecule has 0 spiro atoms. The number of carbonyl (C=O) groups excluding carboxylic acids is 1. The first-order valence-corrected chi connectivity index (χ1v) is 8.08. The minimum Gasteiger partial charge on any atom is -0.591 e. The fourth-order valence-corrected chi connectivity index (χ4v) is 2.23. The van der Waals surface area contributed by atoms with Crippen LogP contribution in [0.5, 0.6) is 0 Å². The summed E-state index contributed by atoms with van der Waals surface area (Å²) >= 11 is -1.42. The second-order valence-corrected chi connectivity index (χ2v) is 7.81. The Morgan fingerprint density at radius 1 is 1.39 bits per heavy atom. The molecule has 0 fully saturated rings. The van der Waals surface area contributed by atoms with Crippen molar-refractivity contribution in [2.45, 2.75) is 32.4 Å². The first-order chi connectivity index (χ1) is 10.7. The van der Waals surface area contributed by atoms with Crippen LogP contribution in [-0.2, 0) is 20.9 Å². The smallest absolute Gasteiger partial charge is 0.280 e. The van der Waals surface area contributed by atoms with Gasteiger partial charge in [0.2, 0.25) is 0 Å². The van der Waals surface area contributed by atoms with Gasteiger partial charge >= 0.3 is 0 Å². The predicted molar refractivity (Wildman–Crippen MR) is 87.4 cm³/mol. The molecule has 0 aliphatic carbocycles. The Bertz CT molecular complexity index is 669. The number of carbonyl (C=O) groups is 1. The zero-order valence-electron chi connectivity index (χ0n) is 13.7. The molecule has 2 rings (SSSR count). The van der Waals surface area contributed by atoms with Gasteiger partial charge in [-0.2, -0.15) is 0 Å². The van der Waals surface area contributed by atoms with E-state index in [4.69, 9.17) is 4.74 Å². The third-order valence-electron chi connectivity index (χ3n) is 2.92. The van der Waals surface area contributed by atoms with E-state index in [1.54, 1.807) is 6.92 Å². The molecular weight excluding hydrogens is 318 g/mol. The maximum Gasteiger partial charge on any atom is 0.280 e. The van der Waals surface area contributed by atoms with Gasteiger partial charge in [0.15, 0.2) is 12.3 Å². The molecule has 9 heteroatoms. The standard InChI is InChI=1S/C14H19N5O3S/c1-9(18-23(21)14(2,3)4)11-12(16-7-6-15-11)13-17-19(5)10(20)8-22-13/h6-7H,8H2,1-5H3/b18-9+. The van der Waals surface area contributed by atoms with Crippen LogP contribution >= 0.6 is 0 Å². The highest BCUT2D eigenvalue weighted by molar-refractivity contribution is 7.91. The zero-order chi connectivity index (χ0) is 17.2. The number of hydrazone groups is 1. The lowest BCUT2D eigenvalue weighted by atomic mass is 10.2. The van der Waals surface area contributed by atoms with Gasteiger partial charge in [-0.1, -0.05) is 4.40 Å². The van der Waals surface area contributed by atoms with Gasteiger partial charge in [0.05, 0.1) is 0 Å². The van der Waals surface area contributed by atoms with Crippen LogP contribution < -0.4 is 0 Å². The monoisotopic (exact) mass is 337 g/mol. The minimum absolute atomic E-state index is 0.116. The van der Waals surface area contributed by atoms with Crippen molar-refractivity contribution in [1.29, 1.82) is 0 Å². The van der Waals surface area contributed by atoms with Crippen LogP contribution in [-0.4, -0.2) is 55.4 Å². The van der Waals surface area contributed by atoms with Crippen LogP contribution in [0.4, 0.5) is 0 Å². The number of rotatable bonds is 3. The average Bonchev–Trinajstić information content (AvgIpc) is 2.49. The summed E-state index contributed by atoms with van der Waals surface area (Å²) < 4.78 is 21.3. The molecule has 0 saturated carbocycles. The van der Waals surface area contributed by atoms with Gasteiger partial charge in [-0.05, 0) is 27.7 Å². The van der Waals surface area contributed by atoms with Crippen LogP contribution in [0.25, 0.3) is 0 Å². The molecule has 1 atom stereocenters. The summed E-state index contributed by atoms with van der Waals surface area (Å²) in [5.41, 5.74) is 1.25. The second kappa shape index (κ2) is 6.63. The van der Waals surface area contributed by atoms with Crippen LogP contribution in [0.1, 0.15) is 39.1 Å². The second-order valence-electron chi connectivity index (χ2n) is 5.90. The van der Waals surface area contributed by atoms with Gasteiger partial charge in [-0.3, -0.25) is 9.78 Å². The zero-order valence-corrected chi connectivity index (χ0v) is 14.5. The van der Waals surface area contributed by atoms with Crippen molar-refractivity contribution in [3.63, 3.8) is 0 Å². The van der Waals surface area contributed by atoms with Crippen molar-refractivity contribution in [2.75, 3.05) is 13.7 Å². The molecule has 1 aromatic rings. The molecule has 0 N–H and O–H groups in total. The maximum atomic E-state index is 12.2. The minimum atomic E-state index is -1.42. The largest absolute Gasteiger partial charge is 0.591 e. The maximum absolute atomic E-state index is 12.2. The van der Waals surface area contributed by atoms with E-state index in [2.05, 4.69) is 19.5 Å². The molecule has 0 bridgehead atoms. The van der Waals surface area contributed by atoms with E-state index >= 15 is 0 Å². The highest BCUT2D eigenvalue weighted by Gasteiger charge is 2.29. The van der Waals surface area contributed by atoms with Gasteiger partial charge in [-0.15, -0.1) is 5.10 Å². The molecule has 23 heavy (non-hydrogen) atoms. The summed E-state index contributed by atoms with van der Waals surface area (Å²) in [4.78, 5) is 19.9. The van der Waals surface area contributed by atoms with Crippen LogP contribution in [0.2, 0.25) is 0 Å². The van der Waals surface area contributed by atoms with Gasteiger partial charge in [0.25, 0.3) is 11.8 Å². The predicted octanol–water partition coefficient (Wildman–Crippen LogP) is 0.898. The van der Waals surface area contributed by atoms with E-state index < -0.39 is 16.1 Å². The molecule has 0 aromatic carbocycles. The molecular formula is C14H19N5O3S. The number of amides is 1. The summed E-state index contributed by atoms with van der Waals surface area (Å²) in [6, 6.07) is 0. The molecule has 1 aliphatic rings. The van der Waals surface area contributed by atoms with Crippen molar-refractivity contribution >= 4 is 28.9 Å². The van der Waals surface area contributed by atoms with Crippen LogP contribution in [0, 0.1) is 0 Å². The molecule has 1 amide bonds. The molecule has 8 nitrogen and oxygen atoms in total. The third-order valence-corrected chi connectivity index (χ3v) is 4.41. The quantitative estimate of drug-likeness (QED) is 0.602. The van der Waals surface area contributed by atoms with Crippen LogP contribution in [0.3, 0.4) is 0 Å². The Morgan fingerprint density at radius 2 is 2.04 bits per heavy atom. The third kappa shape index (κ3) is 4.05. The molecule has 0 radical (unpaired) electrons. The number of aromatic nitrogens is 2. The lowest BCUT2D eigenvalue weighted by molar-refractivity contribution is -0.134. The Labute approximate surface area is 138 Å². The molecule has 2 heterocycles. The molecule has 0 saturated heterocycles. The highest BCUT2D eigenvalue weighted by atomic mass is 32.2. The van der Waals surface area contributed by atoms with E-state index in [-0.39, 0.29) is 18.4 Å². The number of ether oxygens (including phenoxy) is 1. The van der Waals surface area contributed by atoms with Crippen molar-refractivity contribution in [3.05, 3.63) is 23.8 Å². The Balaban J connectivity index is 2.40. The summed E-state index contributed by atoms with van der Waals surface area (Å²) in [6.45, 7) is 7.11. The Hall–Kier alpha value is -2.00. The SMILES string of the molecule is C/C(=N\[S+]([O-])C(C)(C)C)c1nccnc1C1=NN(C)C(=O)CO1. The van der Waals surface area contributed by atoms with Gasteiger partial charge in [0, 0.05) is 19.4 Å². The topological polar surface area (TPSA) is 103 Å². The fraction of sp³-hybridized carbons (Fsp3) is 0.500.